The smallest absolute Gasteiger partial charge is 0.234 e. The average Bonchev–Trinajstić information content (AvgIpc) is 2.39. The van der Waals surface area contributed by atoms with Gasteiger partial charge in [-0.3, -0.25) is 9.69 Å². The summed E-state index contributed by atoms with van der Waals surface area (Å²) in [6.07, 6.45) is 2.41. The topological polar surface area (TPSA) is 44.8 Å². The van der Waals surface area contributed by atoms with E-state index in [0.717, 1.165) is 52.2 Å². The van der Waals surface area contributed by atoms with Crippen LogP contribution in [0.1, 0.15) is 26.7 Å². The van der Waals surface area contributed by atoms with Crippen molar-refractivity contribution in [3.8, 4) is 0 Å². The molecule has 0 saturated carbocycles. The monoisotopic (exact) mass is 269 g/mol. The quantitative estimate of drug-likeness (QED) is 0.798. The van der Waals surface area contributed by atoms with Crippen molar-refractivity contribution >= 4 is 5.91 Å². The van der Waals surface area contributed by atoms with Crippen LogP contribution in [0.3, 0.4) is 0 Å². The Labute approximate surface area is 116 Å². The fourth-order valence-electron chi connectivity index (χ4n) is 2.90. The van der Waals surface area contributed by atoms with E-state index in [0.29, 0.717) is 12.6 Å². The van der Waals surface area contributed by atoms with E-state index in [9.17, 15) is 4.79 Å². The number of nitrogens with one attached hydrogen (secondary N) is 1. The molecule has 2 aliphatic heterocycles. The van der Waals surface area contributed by atoms with Crippen molar-refractivity contribution < 1.29 is 9.53 Å². The van der Waals surface area contributed by atoms with E-state index in [1.807, 2.05) is 0 Å². The zero-order valence-corrected chi connectivity index (χ0v) is 12.2. The molecule has 5 heteroatoms. The largest absolute Gasteiger partial charge is 0.376 e. The summed E-state index contributed by atoms with van der Waals surface area (Å²) in [5, 5.41) is 3.18. The Balaban J connectivity index is 1.67. The van der Waals surface area contributed by atoms with Crippen molar-refractivity contribution in [2.45, 2.75) is 38.8 Å². The lowest BCUT2D eigenvalue weighted by Crippen LogP contribution is -2.50. The highest BCUT2D eigenvalue weighted by atomic mass is 16.5. The van der Waals surface area contributed by atoms with Crippen molar-refractivity contribution in [2.24, 2.45) is 0 Å². The van der Waals surface area contributed by atoms with Crippen LogP contribution in [0.4, 0.5) is 0 Å². The lowest BCUT2D eigenvalue weighted by molar-refractivity contribution is -0.125. The van der Waals surface area contributed by atoms with E-state index in [1.165, 1.54) is 0 Å². The van der Waals surface area contributed by atoms with Crippen LogP contribution in [0, 0.1) is 0 Å². The summed E-state index contributed by atoms with van der Waals surface area (Å²) in [4.78, 5) is 16.7. The van der Waals surface area contributed by atoms with E-state index in [4.69, 9.17) is 4.74 Å². The van der Waals surface area contributed by atoms with Gasteiger partial charge in [-0.25, -0.2) is 0 Å². The summed E-state index contributed by atoms with van der Waals surface area (Å²) < 4.78 is 5.48. The molecule has 2 aliphatic rings. The molecule has 0 aliphatic carbocycles. The van der Waals surface area contributed by atoms with Gasteiger partial charge < -0.3 is 15.0 Å². The number of nitrogens with zero attached hydrogens (tertiary/aromatic N) is 2. The molecule has 0 radical (unpaired) electrons. The number of carbonyl (C=O) groups excluding carboxylic acids is 1. The van der Waals surface area contributed by atoms with Crippen molar-refractivity contribution in [3.63, 3.8) is 0 Å². The molecule has 1 N–H and O–H groups in total. The molecule has 0 spiro atoms. The standard InChI is InChI=1S/C14H27N3O2/c1-3-16-6-4-13(5-7-16)15-14(18)11-17-8-9-19-12(2)10-17/h12-13H,3-11H2,1-2H3,(H,15,18). The van der Waals surface area contributed by atoms with Crippen LogP contribution >= 0.6 is 0 Å². The van der Waals surface area contributed by atoms with Gasteiger partial charge in [0, 0.05) is 32.2 Å². The number of hydrogen-bond donors (Lipinski definition) is 1. The van der Waals surface area contributed by atoms with Gasteiger partial charge in [0.05, 0.1) is 19.3 Å². The van der Waals surface area contributed by atoms with Crippen LogP contribution < -0.4 is 5.32 Å². The first-order valence-corrected chi connectivity index (χ1v) is 7.53. The minimum Gasteiger partial charge on any atom is -0.376 e. The number of morpholine rings is 1. The van der Waals surface area contributed by atoms with E-state index >= 15 is 0 Å². The Kier molecular flexibility index (Phi) is 5.60. The molecule has 0 bridgehead atoms. The SMILES string of the molecule is CCN1CCC(NC(=O)CN2CCOC(C)C2)CC1. The first-order chi connectivity index (χ1) is 9.17. The minimum absolute atomic E-state index is 0.170. The van der Waals surface area contributed by atoms with E-state index in [2.05, 4.69) is 29.0 Å². The van der Waals surface area contributed by atoms with Gasteiger partial charge in [-0.15, -0.1) is 0 Å². The van der Waals surface area contributed by atoms with Crippen LogP contribution in [0.5, 0.6) is 0 Å². The summed E-state index contributed by atoms with van der Waals surface area (Å²) in [7, 11) is 0. The fourth-order valence-corrected chi connectivity index (χ4v) is 2.90. The van der Waals surface area contributed by atoms with E-state index in [-0.39, 0.29) is 12.0 Å². The fraction of sp³-hybridized carbons (Fsp3) is 0.929. The molecule has 2 saturated heterocycles. The van der Waals surface area contributed by atoms with Crippen LogP contribution in [0.2, 0.25) is 0 Å². The van der Waals surface area contributed by atoms with Crippen LogP contribution in [-0.2, 0) is 9.53 Å². The minimum atomic E-state index is 0.170. The Bertz CT molecular complexity index is 290. The third kappa shape index (κ3) is 4.75. The predicted molar refractivity (Wildman–Crippen MR) is 75.1 cm³/mol. The molecule has 0 aromatic rings. The van der Waals surface area contributed by atoms with Gasteiger partial charge in [0.25, 0.3) is 0 Å². The second-order valence-corrected chi connectivity index (χ2v) is 5.69. The van der Waals surface area contributed by atoms with Gasteiger partial charge in [0.15, 0.2) is 0 Å². The lowest BCUT2D eigenvalue weighted by Gasteiger charge is -2.33. The molecule has 1 atom stereocenters. The molecule has 2 rings (SSSR count). The Hall–Kier alpha value is -0.650. The maximum atomic E-state index is 12.0. The van der Waals surface area contributed by atoms with Crippen molar-refractivity contribution in [3.05, 3.63) is 0 Å². The number of likely N-dealkylation sites (tertiary alicyclic amines) is 1. The van der Waals surface area contributed by atoms with Crippen LogP contribution in [0.15, 0.2) is 0 Å². The summed E-state index contributed by atoms with van der Waals surface area (Å²) in [6.45, 7) is 10.6. The molecule has 0 aromatic carbocycles. The number of ether oxygens (including phenoxy) is 1. The molecular weight excluding hydrogens is 242 g/mol. The molecule has 2 heterocycles. The van der Waals surface area contributed by atoms with Gasteiger partial charge in [-0.1, -0.05) is 6.92 Å². The molecular formula is C14H27N3O2. The van der Waals surface area contributed by atoms with Gasteiger partial charge in [-0.05, 0) is 26.3 Å². The highest BCUT2D eigenvalue weighted by molar-refractivity contribution is 5.78. The lowest BCUT2D eigenvalue weighted by atomic mass is 10.1. The summed E-state index contributed by atoms with van der Waals surface area (Å²) in [6, 6.07) is 0.369. The average molecular weight is 269 g/mol. The predicted octanol–water partition coefficient (Wildman–Crippen LogP) is 0.308. The maximum Gasteiger partial charge on any atom is 0.234 e. The summed E-state index contributed by atoms with van der Waals surface area (Å²) in [5.41, 5.74) is 0. The molecule has 1 amide bonds. The third-order valence-electron chi connectivity index (χ3n) is 4.09. The number of rotatable bonds is 4. The van der Waals surface area contributed by atoms with E-state index in [1.54, 1.807) is 0 Å². The highest BCUT2D eigenvalue weighted by Gasteiger charge is 2.22. The van der Waals surface area contributed by atoms with E-state index < -0.39 is 0 Å². The molecule has 110 valence electrons. The molecule has 0 aromatic heterocycles. The zero-order valence-electron chi connectivity index (χ0n) is 12.2. The van der Waals surface area contributed by atoms with Crippen molar-refractivity contribution in [1.29, 1.82) is 0 Å². The first-order valence-electron chi connectivity index (χ1n) is 7.53. The number of carbonyl (C=O) groups is 1. The third-order valence-corrected chi connectivity index (χ3v) is 4.09. The Morgan fingerprint density at radius 2 is 2.00 bits per heavy atom. The first kappa shape index (κ1) is 14.8. The van der Waals surface area contributed by atoms with Gasteiger partial charge in [0.1, 0.15) is 0 Å². The number of piperidine rings is 1. The van der Waals surface area contributed by atoms with Crippen molar-refractivity contribution in [1.82, 2.24) is 15.1 Å². The molecule has 1 unspecified atom stereocenters. The second-order valence-electron chi connectivity index (χ2n) is 5.69. The Morgan fingerprint density at radius 3 is 2.63 bits per heavy atom. The summed E-state index contributed by atoms with van der Waals surface area (Å²) >= 11 is 0. The van der Waals surface area contributed by atoms with Crippen LogP contribution in [0.25, 0.3) is 0 Å². The van der Waals surface area contributed by atoms with Crippen molar-refractivity contribution in [2.75, 3.05) is 45.9 Å². The normalized spacial score (nSPS) is 27.4. The Morgan fingerprint density at radius 1 is 1.26 bits per heavy atom. The van der Waals surface area contributed by atoms with Gasteiger partial charge in [-0.2, -0.15) is 0 Å². The second kappa shape index (κ2) is 7.22. The zero-order chi connectivity index (χ0) is 13.7. The number of amides is 1. The molecule has 5 nitrogen and oxygen atoms in total. The van der Waals surface area contributed by atoms with Crippen LogP contribution in [-0.4, -0.2) is 73.7 Å². The summed E-state index contributed by atoms with van der Waals surface area (Å²) in [5.74, 6) is 0.170. The molecule has 19 heavy (non-hydrogen) atoms. The van der Waals surface area contributed by atoms with Gasteiger partial charge >= 0.3 is 0 Å². The van der Waals surface area contributed by atoms with Gasteiger partial charge in [0.2, 0.25) is 5.91 Å². The molecule has 2 fully saturated rings. The number of hydrogen-bond acceptors (Lipinski definition) is 4. The highest BCUT2D eigenvalue weighted by Crippen LogP contribution is 2.10. The maximum absolute atomic E-state index is 12.0.